The molecule has 4 unspecified atom stereocenters. The highest BCUT2D eigenvalue weighted by molar-refractivity contribution is 5.92. The number of allylic oxidation sites excluding steroid dienone is 5. The molecule has 230 valence electrons. The van der Waals surface area contributed by atoms with Gasteiger partial charge in [-0.1, -0.05) is 72.8 Å². The van der Waals surface area contributed by atoms with Crippen LogP contribution in [0, 0.1) is 22.6 Å². The molecule has 0 aromatic heterocycles. The summed E-state index contributed by atoms with van der Waals surface area (Å²) in [4.78, 5) is 33.3. The van der Waals surface area contributed by atoms with Gasteiger partial charge in [-0.15, -0.1) is 0 Å². The smallest absolute Gasteiger partial charge is 0.233 e. The van der Waals surface area contributed by atoms with Crippen molar-refractivity contribution in [3.05, 3.63) is 107 Å². The van der Waals surface area contributed by atoms with Gasteiger partial charge in [-0.05, 0) is 73.3 Å². The van der Waals surface area contributed by atoms with Crippen molar-refractivity contribution in [2.24, 2.45) is 16.7 Å². The number of carbonyl (C=O) groups excluding carboxylic acids is 2. The van der Waals surface area contributed by atoms with Crippen LogP contribution in [0.5, 0.6) is 0 Å². The summed E-state index contributed by atoms with van der Waals surface area (Å²) in [5.41, 5.74) is 1.69. The SMILES string of the molecule is O=C1CCC2(C(=O)NCc3cccc(F)c3)C3=C[C@@]4(C=CC=C3)CCC(O)CC4C2N1C1CCN(Cc2ccccc2)CC1. The molecule has 3 aliphatic carbocycles. The van der Waals surface area contributed by atoms with Crippen molar-refractivity contribution in [2.75, 3.05) is 13.1 Å². The third-order valence-electron chi connectivity index (χ3n) is 11.0. The Labute approximate surface area is 259 Å². The molecule has 2 heterocycles. The summed E-state index contributed by atoms with van der Waals surface area (Å²) >= 11 is 0. The molecule has 6 nitrogen and oxygen atoms in total. The first-order valence-electron chi connectivity index (χ1n) is 16.3. The van der Waals surface area contributed by atoms with Gasteiger partial charge in [-0.2, -0.15) is 0 Å². The quantitative estimate of drug-likeness (QED) is 0.476. The van der Waals surface area contributed by atoms with Crippen molar-refractivity contribution >= 4 is 11.8 Å². The van der Waals surface area contributed by atoms with E-state index in [1.165, 1.54) is 17.7 Å². The Bertz CT molecular complexity index is 1500. The van der Waals surface area contributed by atoms with Gasteiger partial charge in [0, 0.05) is 44.1 Å². The normalized spacial score (nSPS) is 32.0. The second-order valence-electron chi connectivity index (χ2n) is 13.5. The first-order chi connectivity index (χ1) is 21.4. The molecule has 5 atom stereocenters. The maximum absolute atomic E-state index is 14.7. The van der Waals surface area contributed by atoms with Gasteiger partial charge in [-0.3, -0.25) is 14.5 Å². The fourth-order valence-electron chi connectivity index (χ4n) is 8.92. The lowest BCUT2D eigenvalue weighted by Crippen LogP contribution is -2.70. The Morgan fingerprint density at radius 3 is 2.59 bits per heavy atom. The van der Waals surface area contributed by atoms with Crippen molar-refractivity contribution in [3.63, 3.8) is 0 Å². The van der Waals surface area contributed by atoms with Crippen LogP contribution in [0.3, 0.4) is 0 Å². The second-order valence-corrected chi connectivity index (χ2v) is 13.5. The van der Waals surface area contributed by atoms with Crippen LogP contribution < -0.4 is 5.32 Å². The number of benzene rings is 2. The van der Waals surface area contributed by atoms with Crippen LogP contribution in [-0.4, -0.2) is 58.0 Å². The monoisotopic (exact) mass is 595 g/mol. The van der Waals surface area contributed by atoms with Crippen LogP contribution >= 0.6 is 0 Å². The highest BCUT2D eigenvalue weighted by Crippen LogP contribution is 2.61. The third-order valence-corrected chi connectivity index (χ3v) is 11.0. The molecule has 2 N–H and O–H groups in total. The van der Waals surface area contributed by atoms with E-state index in [2.05, 4.69) is 63.7 Å². The second kappa shape index (κ2) is 11.8. The van der Waals surface area contributed by atoms with Crippen LogP contribution in [0.25, 0.3) is 0 Å². The van der Waals surface area contributed by atoms with Gasteiger partial charge >= 0.3 is 0 Å². The van der Waals surface area contributed by atoms with Crippen molar-refractivity contribution in [3.8, 4) is 0 Å². The average Bonchev–Trinajstić information content (AvgIpc) is 3.23. The number of carbonyl (C=O) groups is 2. The first kappa shape index (κ1) is 29.2. The Hall–Kier alpha value is -3.55. The van der Waals surface area contributed by atoms with Gasteiger partial charge in [0.2, 0.25) is 11.8 Å². The van der Waals surface area contributed by atoms with Crippen LogP contribution in [-0.2, 0) is 22.7 Å². The van der Waals surface area contributed by atoms with Gasteiger partial charge in [0.15, 0.2) is 0 Å². The Kier molecular flexibility index (Phi) is 7.79. The zero-order valence-corrected chi connectivity index (χ0v) is 25.2. The topological polar surface area (TPSA) is 72.9 Å². The number of hydrogen-bond acceptors (Lipinski definition) is 4. The molecule has 2 aromatic rings. The predicted molar refractivity (Wildman–Crippen MR) is 167 cm³/mol. The zero-order chi connectivity index (χ0) is 30.3. The minimum atomic E-state index is -0.948. The van der Waals surface area contributed by atoms with E-state index in [9.17, 15) is 19.1 Å². The molecule has 2 bridgehead atoms. The molecule has 2 aromatic carbocycles. The zero-order valence-electron chi connectivity index (χ0n) is 25.2. The van der Waals surface area contributed by atoms with Crippen LogP contribution in [0.2, 0.25) is 0 Å². The summed E-state index contributed by atoms with van der Waals surface area (Å²) in [6.07, 6.45) is 14.7. The highest BCUT2D eigenvalue weighted by Gasteiger charge is 2.64. The summed E-state index contributed by atoms with van der Waals surface area (Å²) in [6, 6.07) is 16.5. The van der Waals surface area contributed by atoms with Crippen LogP contribution in [0.1, 0.15) is 56.1 Å². The lowest BCUT2D eigenvalue weighted by atomic mass is 9.49. The maximum atomic E-state index is 14.7. The van der Waals surface area contributed by atoms with Crippen LogP contribution in [0.15, 0.2) is 90.6 Å². The highest BCUT2D eigenvalue weighted by atomic mass is 19.1. The number of likely N-dealkylation sites (tertiary alicyclic amines) is 2. The molecule has 5 aliphatic rings. The number of fused-ring (bicyclic) bond motifs is 3. The summed E-state index contributed by atoms with van der Waals surface area (Å²) in [7, 11) is 0. The fourth-order valence-corrected chi connectivity index (χ4v) is 8.92. The molecule has 2 amide bonds. The van der Waals surface area contributed by atoms with E-state index in [-0.39, 0.29) is 47.6 Å². The van der Waals surface area contributed by atoms with Crippen molar-refractivity contribution in [1.29, 1.82) is 0 Å². The predicted octanol–water partition coefficient (Wildman–Crippen LogP) is 5.30. The third kappa shape index (κ3) is 5.14. The number of nitrogens with one attached hydrogen (secondary N) is 1. The maximum Gasteiger partial charge on any atom is 0.233 e. The molecule has 7 rings (SSSR count). The molecule has 1 saturated carbocycles. The lowest BCUT2D eigenvalue weighted by molar-refractivity contribution is -0.164. The van der Waals surface area contributed by atoms with E-state index in [1.54, 1.807) is 6.07 Å². The Morgan fingerprint density at radius 2 is 1.80 bits per heavy atom. The van der Waals surface area contributed by atoms with E-state index in [0.717, 1.165) is 44.5 Å². The minimum absolute atomic E-state index is 0.0278. The number of piperidine rings is 2. The van der Waals surface area contributed by atoms with E-state index >= 15 is 0 Å². The summed E-state index contributed by atoms with van der Waals surface area (Å²) in [5, 5.41) is 14.2. The van der Waals surface area contributed by atoms with E-state index < -0.39 is 11.5 Å². The molecule has 2 saturated heterocycles. The van der Waals surface area contributed by atoms with Gasteiger partial charge < -0.3 is 15.3 Å². The molecular formula is C37H42FN3O3. The van der Waals surface area contributed by atoms with E-state index in [1.807, 2.05) is 18.2 Å². The number of hydrogen-bond donors (Lipinski definition) is 2. The number of aliphatic hydroxyl groups excluding tert-OH is 1. The average molecular weight is 596 g/mol. The molecule has 1 spiro atoms. The number of amides is 2. The molecular weight excluding hydrogens is 553 g/mol. The number of rotatable bonds is 6. The van der Waals surface area contributed by atoms with Gasteiger partial charge in [0.25, 0.3) is 0 Å². The summed E-state index contributed by atoms with van der Waals surface area (Å²) < 4.78 is 14.0. The van der Waals surface area contributed by atoms with Crippen molar-refractivity contribution < 1.29 is 19.1 Å². The van der Waals surface area contributed by atoms with Crippen LogP contribution in [0.4, 0.5) is 4.39 Å². The summed E-state index contributed by atoms with van der Waals surface area (Å²) in [5.74, 6) is -0.414. The van der Waals surface area contributed by atoms with Crippen molar-refractivity contribution in [1.82, 2.24) is 15.1 Å². The number of halogens is 1. The molecule has 2 aliphatic heterocycles. The van der Waals surface area contributed by atoms with E-state index in [4.69, 9.17) is 0 Å². The Morgan fingerprint density at radius 1 is 1.00 bits per heavy atom. The molecule has 3 fully saturated rings. The first-order valence-corrected chi connectivity index (χ1v) is 16.3. The van der Waals surface area contributed by atoms with Gasteiger partial charge in [-0.25, -0.2) is 4.39 Å². The van der Waals surface area contributed by atoms with Crippen molar-refractivity contribution in [2.45, 2.75) is 76.2 Å². The molecule has 7 heteroatoms. The fraction of sp³-hybridized carbons (Fsp3) is 0.459. The molecule has 0 radical (unpaired) electrons. The summed E-state index contributed by atoms with van der Waals surface area (Å²) in [6.45, 7) is 2.87. The standard InChI is InChI=1S/C37H42FN3O3/c38-29-11-6-9-27(21-29)24-39-35(44)37-18-13-33(43)41(30-14-19-40(20-15-30)25-26-7-2-1-3-8-26)34(37)32-22-31(42)12-17-36(32)16-5-4-10-28(37)23-36/h1-11,16,21,23,30-32,34,42H,12-15,17-20,22,24-25H2,(H,39,44)/t31?,32?,34?,36-,37?/m1/s1. The largest absolute Gasteiger partial charge is 0.393 e. The van der Waals surface area contributed by atoms with Gasteiger partial charge in [0.1, 0.15) is 5.82 Å². The number of aliphatic hydroxyl groups is 1. The Balaban J connectivity index is 1.24. The minimum Gasteiger partial charge on any atom is -0.393 e. The lowest BCUT2D eigenvalue weighted by Gasteiger charge is -2.62. The number of nitrogens with zero attached hydrogens (tertiary/aromatic N) is 2. The van der Waals surface area contributed by atoms with E-state index in [0.29, 0.717) is 31.2 Å². The van der Waals surface area contributed by atoms with Gasteiger partial charge in [0.05, 0.1) is 17.6 Å². The molecule has 44 heavy (non-hydrogen) atoms.